The third-order valence-corrected chi connectivity index (χ3v) is 3.92. The Kier molecular flexibility index (Phi) is 12.5. The van der Waals surface area contributed by atoms with Crippen molar-refractivity contribution in [3.8, 4) is 0 Å². The number of rotatable bonds is 7. The maximum absolute atomic E-state index is 4.73. The van der Waals surface area contributed by atoms with Gasteiger partial charge in [0.2, 0.25) is 0 Å². The van der Waals surface area contributed by atoms with Crippen molar-refractivity contribution in [2.75, 3.05) is 32.7 Å². The molecule has 4 nitrogen and oxygen atoms in total. The largest absolute Gasteiger partial charge is 0.357 e. The fourth-order valence-electron chi connectivity index (χ4n) is 2.54. The molecule has 2 N–H and O–H groups in total. The molecule has 0 saturated carbocycles. The first kappa shape index (κ1) is 21.0. The molecule has 0 radical (unpaired) electrons. The van der Waals surface area contributed by atoms with E-state index in [1.54, 1.807) is 0 Å². The first-order chi connectivity index (χ1) is 9.65. The van der Waals surface area contributed by atoms with Gasteiger partial charge in [-0.2, -0.15) is 0 Å². The molecule has 1 heterocycles. The van der Waals surface area contributed by atoms with E-state index in [0.29, 0.717) is 12.0 Å². The van der Waals surface area contributed by atoms with Crippen molar-refractivity contribution < 1.29 is 0 Å². The second kappa shape index (κ2) is 12.5. The molecule has 1 rings (SSSR count). The van der Waals surface area contributed by atoms with Crippen molar-refractivity contribution in [2.45, 2.75) is 59.4 Å². The zero-order valence-corrected chi connectivity index (χ0v) is 16.7. The van der Waals surface area contributed by atoms with E-state index >= 15 is 0 Å². The first-order valence-electron chi connectivity index (χ1n) is 8.42. The van der Waals surface area contributed by atoms with Crippen LogP contribution in [-0.4, -0.2) is 49.6 Å². The molecule has 0 aromatic rings. The molecular weight excluding hydrogens is 375 g/mol. The smallest absolute Gasteiger partial charge is 0.191 e. The van der Waals surface area contributed by atoms with Gasteiger partial charge in [0.15, 0.2) is 5.96 Å². The van der Waals surface area contributed by atoms with Gasteiger partial charge in [-0.1, -0.05) is 20.3 Å². The van der Waals surface area contributed by atoms with Gasteiger partial charge in [-0.3, -0.25) is 4.99 Å². The quantitative estimate of drug-likeness (QED) is 0.385. The van der Waals surface area contributed by atoms with E-state index in [1.165, 1.54) is 38.9 Å². The number of hydrogen-bond donors (Lipinski definition) is 2. The zero-order valence-electron chi connectivity index (χ0n) is 14.3. The van der Waals surface area contributed by atoms with Gasteiger partial charge in [0, 0.05) is 25.7 Å². The van der Waals surface area contributed by atoms with Crippen molar-refractivity contribution >= 4 is 29.9 Å². The average Bonchev–Trinajstić information content (AvgIpc) is 2.46. The summed E-state index contributed by atoms with van der Waals surface area (Å²) >= 11 is 0. The summed E-state index contributed by atoms with van der Waals surface area (Å²) in [5.74, 6) is 1.59. The monoisotopic (exact) mass is 410 g/mol. The molecule has 0 spiro atoms. The molecule has 1 aliphatic rings. The van der Waals surface area contributed by atoms with Crippen LogP contribution in [0.25, 0.3) is 0 Å². The Morgan fingerprint density at radius 2 is 1.81 bits per heavy atom. The third-order valence-electron chi connectivity index (χ3n) is 3.92. The standard InChI is InChI=1S/C16H34N4.HI/c1-5-15(4)19-16(17-6-2)18-12-14(3)13-20-10-8-7-9-11-20;/h14-15H,5-13H2,1-4H3,(H2,17,18,19);1H. The highest BCUT2D eigenvalue weighted by Gasteiger charge is 2.13. The first-order valence-corrected chi connectivity index (χ1v) is 8.42. The van der Waals surface area contributed by atoms with E-state index in [-0.39, 0.29) is 24.0 Å². The van der Waals surface area contributed by atoms with Crippen molar-refractivity contribution in [2.24, 2.45) is 10.9 Å². The lowest BCUT2D eigenvalue weighted by molar-refractivity contribution is 0.203. The summed E-state index contributed by atoms with van der Waals surface area (Å²) in [6, 6.07) is 0.477. The predicted octanol–water partition coefficient (Wildman–Crippen LogP) is 3.08. The minimum Gasteiger partial charge on any atom is -0.357 e. The van der Waals surface area contributed by atoms with Crippen LogP contribution in [0.1, 0.15) is 53.4 Å². The number of hydrogen-bond acceptors (Lipinski definition) is 2. The second-order valence-corrected chi connectivity index (χ2v) is 6.14. The molecule has 5 heteroatoms. The van der Waals surface area contributed by atoms with Crippen LogP contribution >= 0.6 is 24.0 Å². The van der Waals surface area contributed by atoms with Gasteiger partial charge in [-0.15, -0.1) is 24.0 Å². The lowest BCUT2D eigenvalue weighted by atomic mass is 10.1. The normalized spacial score (nSPS) is 19.5. The molecule has 2 unspecified atom stereocenters. The highest BCUT2D eigenvalue weighted by atomic mass is 127. The van der Waals surface area contributed by atoms with Crippen LogP contribution in [0, 0.1) is 5.92 Å². The Hall–Kier alpha value is -0.0400. The van der Waals surface area contributed by atoms with Gasteiger partial charge in [-0.25, -0.2) is 0 Å². The number of likely N-dealkylation sites (tertiary alicyclic amines) is 1. The lowest BCUT2D eigenvalue weighted by Crippen LogP contribution is -2.42. The van der Waals surface area contributed by atoms with Crippen LogP contribution in [0.4, 0.5) is 0 Å². The van der Waals surface area contributed by atoms with Crippen molar-refractivity contribution in [1.82, 2.24) is 15.5 Å². The molecule has 21 heavy (non-hydrogen) atoms. The SMILES string of the molecule is CCNC(=NCC(C)CN1CCCCC1)NC(C)CC.I. The van der Waals surface area contributed by atoms with Gasteiger partial charge in [-0.05, 0) is 52.1 Å². The molecule has 1 aliphatic heterocycles. The number of nitrogens with one attached hydrogen (secondary N) is 2. The topological polar surface area (TPSA) is 39.7 Å². The van der Waals surface area contributed by atoms with Gasteiger partial charge in [0.1, 0.15) is 0 Å². The van der Waals surface area contributed by atoms with Crippen molar-refractivity contribution in [3.63, 3.8) is 0 Å². The molecule has 0 amide bonds. The summed E-state index contributed by atoms with van der Waals surface area (Å²) in [4.78, 5) is 7.33. The lowest BCUT2D eigenvalue weighted by Gasteiger charge is -2.28. The van der Waals surface area contributed by atoms with Gasteiger partial charge < -0.3 is 15.5 Å². The zero-order chi connectivity index (χ0) is 14.8. The molecule has 0 aromatic heterocycles. The molecule has 0 aliphatic carbocycles. The van der Waals surface area contributed by atoms with Gasteiger partial charge in [0.05, 0.1) is 0 Å². The van der Waals surface area contributed by atoms with Gasteiger partial charge >= 0.3 is 0 Å². The van der Waals surface area contributed by atoms with E-state index in [4.69, 9.17) is 4.99 Å². The number of piperidine rings is 1. The fraction of sp³-hybridized carbons (Fsp3) is 0.938. The van der Waals surface area contributed by atoms with Crippen molar-refractivity contribution in [3.05, 3.63) is 0 Å². The summed E-state index contributed by atoms with van der Waals surface area (Å²) < 4.78 is 0. The Balaban J connectivity index is 0.00000400. The molecule has 0 aromatic carbocycles. The van der Waals surface area contributed by atoms with E-state index in [0.717, 1.165) is 25.5 Å². The van der Waals surface area contributed by atoms with Crippen LogP contribution in [0.3, 0.4) is 0 Å². The summed E-state index contributed by atoms with van der Waals surface area (Å²) in [7, 11) is 0. The molecule has 0 bridgehead atoms. The van der Waals surface area contributed by atoms with E-state index < -0.39 is 0 Å². The highest BCUT2D eigenvalue weighted by molar-refractivity contribution is 14.0. The Labute approximate surface area is 148 Å². The van der Waals surface area contributed by atoms with Crippen LogP contribution in [-0.2, 0) is 0 Å². The molecule has 2 atom stereocenters. The summed E-state index contributed by atoms with van der Waals surface area (Å²) in [6.45, 7) is 14.4. The summed E-state index contributed by atoms with van der Waals surface area (Å²) in [6.07, 6.45) is 5.27. The fourth-order valence-corrected chi connectivity index (χ4v) is 2.54. The van der Waals surface area contributed by atoms with E-state index in [1.807, 2.05) is 0 Å². The number of guanidine groups is 1. The number of nitrogens with zero attached hydrogens (tertiary/aromatic N) is 2. The van der Waals surface area contributed by atoms with Crippen LogP contribution in [0.5, 0.6) is 0 Å². The Morgan fingerprint density at radius 1 is 1.14 bits per heavy atom. The maximum atomic E-state index is 4.73. The summed E-state index contributed by atoms with van der Waals surface area (Å²) in [5.41, 5.74) is 0. The highest BCUT2D eigenvalue weighted by Crippen LogP contribution is 2.11. The molecule has 1 fully saturated rings. The van der Waals surface area contributed by atoms with Crippen LogP contribution in [0.2, 0.25) is 0 Å². The average molecular weight is 410 g/mol. The Morgan fingerprint density at radius 3 is 2.38 bits per heavy atom. The molecular formula is C16H35IN4. The minimum atomic E-state index is 0. The third kappa shape index (κ3) is 9.55. The number of halogens is 1. The maximum Gasteiger partial charge on any atom is 0.191 e. The van der Waals surface area contributed by atoms with E-state index in [9.17, 15) is 0 Å². The summed E-state index contributed by atoms with van der Waals surface area (Å²) in [5, 5.41) is 6.78. The van der Waals surface area contributed by atoms with Crippen LogP contribution in [0.15, 0.2) is 4.99 Å². The predicted molar refractivity (Wildman–Crippen MR) is 104 cm³/mol. The van der Waals surface area contributed by atoms with Gasteiger partial charge in [0.25, 0.3) is 0 Å². The second-order valence-electron chi connectivity index (χ2n) is 6.14. The van der Waals surface area contributed by atoms with E-state index in [2.05, 4.69) is 43.2 Å². The number of aliphatic imine (C=N–C) groups is 1. The van der Waals surface area contributed by atoms with Crippen molar-refractivity contribution in [1.29, 1.82) is 0 Å². The Bertz CT molecular complexity index is 277. The molecule has 1 saturated heterocycles. The minimum absolute atomic E-state index is 0. The molecule has 126 valence electrons. The van der Waals surface area contributed by atoms with Crippen LogP contribution < -0.4 is 10.6 Å².